The highest BCUT2D eigenvalue weighted by Crippen LogP contribution is 2.31. The van der Waals surface area contributed by atoms with Crippen LogP contribution in [0.1, 0.15) is 11.1 Å². The second kappa shape index (κ2) is 2.81. The van der Waals surface area contributed by atoms with Crippen molar-refractivity contribution in [3.63, 3.8) is 0 Å². The van der Waals surface area contributed by atoms with Gasteiger partial charge in [0.1, 0.15) is 0 Å². The van der Waals surface area contributed by atoms with E-state index in [1.807, 2.05) is 30.3 Å². The summed E-state index contributed by atoms with van der Waals surface area (Å²) in [6, 6.07) is 18.5. The first-order chi connectivity index (χ1) is 6.95. The Labute approximate surface area is 82.7 Å². The third-order valence-electron chi connectivity index (χ3n) is 2.44. The number of nitrogens with zero attached hydrogens (tertiary/aromatic N) is 1. The molecule has 14 heavy (non-hydrogen) atoms. The van der Waals surface area contributed by atoms with Crippen LogP contribution < -0.4 is 0 Å². The summed E-state index contributed by atoms with van der Waals surface area (Å²) >= 11 is 0. The molecule has 1 aliphatic rings. The summed E-state index contributed by atoms with van der Waals surface area (Å²) in [5, 5.41) is 0. The predicted octanol–water partition coefficient (Wildman–Crippen LogP) is 3.17. The molecule has 0 saturated heterocycles. The minimum Gasteiger partial charge on any atom is -0.247 e. The van der Waals surface area contributed by atoms with E-state index in [-0.39, 0.29) is 0 Å². The van der Waals surface area contributed by atoms with Crippen LogP contribution in [0.2, 0.25) is 0 Å². The first-order valence-electron chi connectivity index (χ1n) is 4.69. The number of hydrogen-bond acceptors (Lipinski definition) is 1. The molecule has 2 aromatic carbocycles. The number of aliphatic imine (C=N–C) groups is 1. The monoisotopic (exact) mass is 179 g/mol. The average molecular weight is 179 g/mol. The van der Waals surface area contributed by atoms with E-state index in [0.29, 0.717) is 0 Å². The Balaban J connectivity index is 2.07. The quantitative estimate of drug-likeness (QED) is 0.544. The largest absolute Gasteiger partial charge is 0.247 e. The molecule has 0 atom stereocenters. The van der Waals surface area contributed by atoms with Gasteiger partial charge in [-0.25, -0.2) is 4.99 Å². The molecule has 0 spiro atoms. The van der Waals surface area contributed by atoms with Gasteiger partial charge in [0, 0.05) is 11.1 Å². The lowest BCUT2D eigenvalue weighted by atomic mass is 9.96. The van der Waals surface area contributed by atoms with Gasteiger partial charge < -0.3 is 0 Å². The number of rotatable bonds is 1. The predicted molar refractivity (Wildman–Crippen MR) is 58.2 cm³/mol. The number of fused-ring (bicyclic) bond motifs is 1. The molecule has 1 heteroatoms. The lowest BCUT2D eigenvalue weighted by Gasteiger charge is -2.17. The maximum Gasteiger partial charge on any atom is 0.0803 e. The maximum atomic E-state index is 4.47. The molecule has 2 aromatic rings. The third kappa shape index (κ3) is 0.990. The minimum absolute atomic E-state index is 1.10. The topological polar surface area (TPSA) is 12.4 Å². The van der Waals surface area contributed by atoms with Crippen LogP contribution in [-0.4, -0.2) is 5.71 Å². The lowest BCUT2D eigenvalue weighted by Crippen LogP contribution is -2.10. The van der Waals surface area contributed by atoms with Crippen molar-refractivity contribution < 1.29 is 0 Å². The first-order valence-corrected chi connectivity index (χ1v) is 4.69. The van der Waals surface area contributed by atoms with Crippen molar-refractivity contribution in [3.05, 3.63) is 65.7 Å². The summed E-state index contributed by atoms with van der Waals surface area (Å²) in [6.45, 7) is 0. The van der Waals surface area contributed by atoms with Crippen LogP contribution in [0.15, 0.2) is 59.6 Å². The molecule has 0 N–H and O–H groups in total. The molecular weight excluding hydrogens is 170 g/mol. The zero-order chi connectivity index (χ0) is 9.38. The molecule has 66 valence electrons. The average Bonchev–Trinajstić information content (AvgIpc) is 2.22. The van der Waals surface area contributed by atoms with E-state index in [1.165, 1.54) is 11.1 Å². The molecule has 1 heterocycles. The molecule has 1 nitrogen and oxygen atoms in total. The molecule has 0 unspecified atom stereocenters. The van der Waals surface area contributed by atoms with Crippen molar-refractivity contribution >= 4 is 11.4 Å². The molecule has 0 bridgehead atoms. The van der Waals surface area contributed by atoms with E-state index in [1.54, 1.807) is 0 Å². The Morgan fingerprint density at radius 3 is 2.21 bits per heavy atom. The van der Waals surface area contributed by atoms with Gasteiger partial charge in [0.25, 0.3) is 0 Å². The van der Waals surface area contributed by atoms with Gasteiger partial charge >= 0.3 is 0 Å². The van der Waals surface area contributed by atoms with E-state index >= 15 is 0 Å². The van der Waals surface area contributed by atoms with Crippen LogP contribution in [0.4, 0.5) is 5.69 Å². The Hall–Kier alpha value is -1.89. The molecule has 0 aliphatic carbocycles. The Kier molecular flexibility index (Phi) is 1.51. The summed E-state index contributed by atoms with van der Waals surface area (Å²) in [5.41, 5.74) is 4.68. The Morgan fingerprint density at radius 1 is 0.714 bits per heavy atom. The van der Waals surface area contributed by atoms with Crippen molar-refractivity contribution in [2.45, 2.75) is 0 Å². The number of hydrogen-bond donors (Lipinski definition) is 0. The zero-order valence-corrected chi connectivity index (χ0v) is 7.64. The van der Waals surface area contributed by atoms with Crippen molar-refractivity contribution in [2.75, 3.05) is 0 Å². The Morgan fingerprint density at radius 2 is 1.43 bits per heavy atom. The summed E-state index contributed by atoms with van der Waals surface area (Å²) in [7, 11) is 0. The van der Waals surface area contributed by atoms with Crippen LogP contribution in [0.25, 0.3) is 0 Å². The van der Waals surface area contributed by atoms with Crippen molar-refractivity contribution in [3.8, 4) is 0 Å². The van der Waals surface area contributed by atoms with Gasteiger partial charge in [-0.2, -0.15) is 0 Å². The molecular formula is C13H9N. The Bertz CT molecular complexity index is 498. The van der Waals surface area contributed by atoms with Gasteiger partial charge in [0.05, 0.1) is 11.4 Å². The number of benzene rings is 2. The molecule has 0 aromatic heterocycles. The van der Waals surface area contributed by atoms with Crippen molar-refractivity contribution in [2.24, 2.45) is 4.99 Å². The van der Waals surface area contributed by atoms with Crippen LogP contribution in [0.5, 0.6) is 0 Å². The van der Waals surface area contributed by atoms with Gasteiger partial charge in [-0.1, -0.05) is 48.5 Å². The minimum atomic E-state index is 1.10. The molecule has 0 amide bonds. The SMILES string of the molecule is c1ccc(C2=Nc3ccccc32)cc1. The maximum absolute atomic E-state index is 4.47. The van der Waals surface area contributed by atoms with Gasteiger partial charge in [-0.05, 0) is 6.07 Å². The summed E-state index contributed by atoms with van der Waals surface area (Å²) in [5.74, 6) is 0. The van der Waals surface area contributed by atoms with Crippen LogP contribution in [0.3, 0.4) is 0 Å². The summed E-state index contributed by atoms with van der Waals surface area (Å²) in [4.78, 5) is 4.47. The molecule has 0 saturated carbocycles. The second-order valence-electron chi connectivity index (χ2n) is 3.34. The highest BCUT2D eigenvalue weighted by molar-refractivity contribution is 6.21. The van der Waals surface area contributed by atoms with Crippen LogP contribution in [-0.2, 0) is 0 Å². The second-order valence-corrected chi connectivity index (χ2v) is 3.34. The first kappa shape index (κ1) is 7.51. The normalized spacial score (nSPS) is 12.7. The van der Waals surface area contributed by atoms with Gasteiger partial charge in [-0.15, -0.1) is 0 Å². The van der Waals surface area contributed by atoms with Gasteiger partial charge in [0.15, 0.2) is 0 Å². The smallest absolute Gasteiger partial charge is 0.0803 e. The summed E-state index contributed by atoms with van der Waals surface area (Å²) in [6.07, 6.45) is 0. The fourth-order valence-electron chi connectivity index (χ4n) is 1.72. The van der Waals surface area contributed by atoms with E-state index in [4.69, 9.17) is 0 Å². The fraction of sp³-hybridized carbons (Fsp3) is 0. The van der Waals surface area contributed by atoms with E-state index in [2.05, 4.69) is 29.3 Å². The molecule has 0 fully saturated rings. The van der Waals surface area contributed by atoms with Crippen molar-refractivity contribution in [1.82, 2.24) is 0 Å². The van der Waals surface area contributed by atoms with Crippen LogP contribution >= 0.6 is 0 Å². The number of para-hydroxylation sites is 1. The molecule has 1 aliphatic heterocycles. The van der Waals surface area contributed by atoms with E-state index in [9.17, 15) is 0 Å². The van der Waals surface area contributed by atoms with E-state index < -0.39 is 0 Å². The van der Waals surface area contributed by atoms with E-state index in [0.717, 1.165) is 11.4 Å². The van der Waals surface area contributed by atoms with Gasteiger partial charge in [-0.3, -0.25) is 0 Å². The van der Waals surface area contributed by atoms with Gasteiger partial charge in [0.2, 0.25) is 0 Å². The summed E-state index contributed by atoms with van der Waals surface area (Å²) < 4.78 is 0. The zero-order valence-electron chi connectivity index (χ0n) is 7.64. The highest BCUT2D eigenvalue weighted by Gasteiger charge is 2.18. The van der Waals surface area contributed by atoms with Crippen molar-refractivity contribution in [1.29, 1.82) is 0 Å². The standard InChI is InChI=1S/C13H9N/c1-2-6-10(7-3-1)13-11-8-4-5-9-12(11)14-13/h1-9H. The van der Waals surface area contributed by atoms with Crippen LogP contribution in [0, 0.1) is 0 Å². The molecule has 3 rings (SSSR count). The highest BCUT2D eigenvalue weighted by atomic mass is 14.8. The molecule has 0 radical (unpaired) electrons. The third-order valence-corrected chi connectivity index (χ3v) is 2.44. The lowest BCUT2D eigenvalue weighted by molar-refractivity contribution is 1.39. The fourth-order valence-corrected chi connectivity index (χ4v) is 1.72.